The third-order valence-corrected chi connectivity index (χ3v) is 4.78. The molecule has 4 rings (SSSR count). The molecule has 116 valence electrons. The van der Waals surface area contributed by atoms with Crippen LogP contribution >= 0.6 is 0 Å². The molecule has 0 amide bonds. The molecule has 1 aromatic heterocycles. The van der Waals surface area contributed by atoms with Crippen molar-refractivity contribution in [3.05, 3.63) is 22.7 Å². The number of hydrogen-bond donors (Lipinski definition) is 2. The summed E-state index contributed by atoms with van der Waals surface area (Å²) in [6, 6.07) is 2.23. The van der Waals surface area contributed by atoms with Crippen molar-refractivity contribution in [2.24, 2.45) is 5.73 Å². The van der Waals surface area contributed by atoms with Gasteiger partial charge in [0.25, 0.3) is 0 Å². The minimum absolute atomic E-state index is 0.0992. The smallest absolute Gasteiger partial charge is 0.244 e. The second kappa shape index (κ2) is 4.73. The monoisotopic (exact) mass is 302 g/mol. The average Bonchev–Trinajstić information content (AvgIpc) is 3.09. The number of aromatic nitrogens is 2. The summed E-state index contributed by atoms with van der Waals surface area (Å²) in [6.07, 6.45) is 2.95. The van der Waals surface area contributed by atoms with Gasteiger partial charge in [-0.2, -0.15) is 5.26 Å². The minimum atomic E-state index is -0.711. The summed E-state index contributed by atoms with van der Waals surface area (Å²) in [5.41, 5.74) is 7.52. The van der Waals surface area contributed by atoms with Gasteiger partial charge in [-0.1, -0.05) is 13.3 Å². The number of aromatic amines is 1. The van der Waals surface area contributed by atoms with E-state index in [1.165, 1.54) is 0 Å². The van der Waals surface area contributed by atoms with Crippen molar-refractivity contribution in [2.75, 3.05) is 6.61 Å². The van der Waals surface area contributed by atoms with Crippen molar-refractivity contribution in [1.82, 2.24) is 10.2 Å². The van der Waals surface area contributed by atoms with Gasteiger partial charge in [0.1, 0.15) is 11.6 Å². The molecule has 7 nitrogen and oxygen atoms in total. The van der Waals surface area contributed by atoms with E-state index in [4.69, 9.17) is 19.9 Å². The van der Waals surface area contributed by atoms with E-state index in [1.807, 2.05) is 0 Å². The van der Waals surface area contributed by atoms with Crippen LogP contribution in [0.3, 0.4) is 0 Å². The number of H-pyrrole nitrogens is 1. The molecule has 0 aliphatic carbocycles. The number of hydrogen-bond acceptors (Lipinski definition) is 6. The third-order valence-electron chi connectivity index (χ3n) is 4.78. The number of rotatable bonds is 2. The van der Waals surface area contributed by atoms with Crippen molar-refractivity contribution in [3.8, 4) is 11.9 Å². The molecule has 4 heterocycles. The summed E-state index contributed by atoms with van der Waals surface area (Å²) in [5, 5.41) is 17.0. The first-order valence-electron chi connectivity index (χ1n) is 7.63. The highest BCUT2D eigenvalue weighted by atomic mass is 16.7. The Morgan fingerprint density at radius 2 is 2.41 bits per heavy atom. The number of nitriles is 1. The zero-order chi connectivity index (χ0) is 15.3. The largest absolute Gasteiger partial charge is 0.420 e. The van der Waals surface area contributed by atoms with Crippen LogP contribution in [-0.4, -0.2) is 29.2 Å². The van der Waals surface area contributed by atoms with E-state index >= 15 is 0 Å². The maximum absolute atomic E-state index is 9.68. The van der Waals surface area contributed by atoms with Gasteiger partial charge in [0.05, 0.1) is 23.7 Å². The van der Waals surface area contributed by atoms with Gasteiger partial charge in [0.15, 0.2) is 6.29 Å². The number of aryl methyl sites for hydroxylation is 1. The van der Waals surface area contributed by atoms with E-state index in [1.54, 1.807) is 0 Å². The van der Waals surface area contributed by atoms with E-state index in [2.05, 4.69) is 23.2 Å². The Hall–Kier alpha value is -2.04. The van der Waals surface area contributed by atoms with E-state index in [9.17, 15) is 5.26 Å². The Kier molecular flexibility index (Phi) is 2.93. The molecule has 1 aromatic rings. The molecule has 2 fully saturated rings. The molecule has 1 unspecified atom stereocenters. The molecule has 0 aromatic carbocycles. The molecule has 3 N–H and O–H groups in total. The van der Waals surface area contributed by atoms with Crippen LogP contribution in [0.1, 0.15) is 37.4 Å². The fraction of sp³-hybridized carbons (Fsp3) is 0.600. The van der Waals surface area contributed by atoms with Gasteiger partial charge in [0.2, 0.25) is 11.8 Å². The van der Waals surface area contributed by atoms with Crippen molar-refractivity contribution < 1.29 is 14.2 Å². The number of nitrogens with two attached hydrogens (primary N) is 1. The summed E-state index contributed by atoms with van der Waals surface area (Å²) < 4.78 is 17.4. The maximum atomic E-state index is 9.68. The Labute approximate surface area is 128 Å². The number of fused-ring (bicyclic) bond motifs is 5. The normalized spacial score (nSPS) is 32.7. The maximum Gasteiger partial charge on any atom is 0.244 e. The molecule has 3 aliphatic rings. The summed E-state index contributed by atoms with van der Waals surface area (Å²) in [4.78, 5) is 0. The second-order valence-electron chi connectivity index (χ2n) is 6.02. The lowest BCUT2D eigenvalue weighted by Gasteiger charge is -2.42. The van der Waals surface area contributed by atoms with Crippen molar-refractivity contribution >= 4 is 0 Å². The molecular formula is C15H18N4O3. The minimum Gasteiger partial charge on any atom is -0.420 e. The van der Waals surface area contributed by atoms with E-state index in [0.29, 0.717) is 18.1 Å². The first-order chi connectivity index (χ1) is 10.7. The van der Waals surface area contributed by atoms with Gasteiger partial charge in [0, 0.05) is 5.69 Å². The molecule has 0 radical (unpaired) electrons. The zero-order valence-corrected chi connectivity index (χ0v) is 12.4. The number of ether oxygens (including phenoxy) is 3. The van der Waals surface area contributed by atoms with Crippen molar-refractivity contribution in [1.29, 1.82) is 5.26 Å². The molecule has 3 aliphatic heterocycles. The lowest BCUT2D eigenvalue weighted by Crippen LogP contribution is -2.48. The van der Waals surface area contributed by atoms with Crippen LogP contribution < -0.4 is 10.5 Å². The highest BCUT2D eigenvalue weighted by Gasteiger charge is 2.58. The summed E-state index contributed by atoms with van der Waals surface area (Å²) in [7, 11) is 0. The van der Waals surface area contributed by atoms with Crippen molar-refractivity contribution in [3.63, 3.8) is 0 Å². The summed E-state index contributed by atoms with van der Waals surface area (Å²) in [5.74, 6) is 0.541. The molecule has 2 bridgehead atoms. The van der Waals surface area contributed by atoms with Crippen LogP contribution in [0.2, 0.25) is 0 Å². The highest BCUT2D eigenvalue weighted by molar-refractivity contribution is 5.55. The zero-order valence-electron chi connectivity index (χ0n) is 12.4. The fourth-order valence-electron chi connectivity index (χ4n) is 3.83. The Morgan fingerprint density at radius 3 is 3.18 bits per heavy atom. The van der Waals surface area contributed by atoms with Gasteiger partial charge in [-0.05, 0) is 19.3 Å². The highest BCUT2D eigenvalue weighted by Crippen LogP contribution is 2.54. The lowest BCUT2D eigenvalue weighted by molar-refractivity contribution is -0.126. The first-order valence-corrected chi connectivity index (χ1v) is 7.63. The molecule has 3 atom stereocenters. The van der Waals surface area contributed by atoms with Gasteiger partial charge in [-0.15, -0.1) is 5.10 Å². The molecule has 1 spiro atoms. The molecular weight excluding hydrogens is 284 g/mol. The third kappa shape index (κ3) is 1.59. The van der Waals surface area contributed by atoms with E-state index in [-0.39, 0.29) is 12.0 Å². The predicted molar refractivity (Wildman–Crippen MR) is 75.6 cm³/mol. The van der Waals surface area contributed by atoms with Crippen LogP contribution in [0.5, 0.6) is 5.88 Å². The van der Waals surface area contributed by atoms with Crippen molar-refractivity contribution in [2.45, 2.75) is 50.4 Å². The molecule has 2 saturated heterocycles. The second-order valence-corrected chi connectivity index (χ2v) is 6.02. The van der Waals surface area contributed by atoms with Gasteiger partial charge in [-0.25, -0.2) is 0 Å². The van der Waals surface area contributed by atoms with Gasteiger partial charge in [-0.3, -0.25) is 5.10 Å². The van der Waals surface area contributed by atoms with Crippen LogP contribution in [-0.2, 0) is 21.3 Å². The molecule has 7 heteroatoms. The van der Waals surface area contributed by atoms with E-state index in [0.717, 1.165) is 36.9 Å². The van der Waals surface area contributed by atoms with Crippen LogP contribution in [0.15, 0.2) is 11.5 Å². The Balaban J connectivity index is 1.94. The van der Waals surface area contributed by atoms with Gasteiger partial charge >= 0.3 is 0 Å². The number of nitrogens with zero attached hydrogens (tertiary/aromatic N) is 2. The Morgan fingerprint density at radius 1 is 1.55 bits per heavy atom. The average molecular weight is 302 g/mol. The topological polar surface area (TPSA) is 106 Å². The quantitative estimate of drug-likeness (QED) is 0.851. The van der Waals surface area contributed by atoms with Crippen LogP contribution in [0, 0.1) is 11.3 Å². The summed E-state index contributed by atoms with van der Waals surface area (Å²) in [6.45, 7) is 2.65. The molecule has 22 heavy (non-hydrogen) atoms. The number of nitrogens with one attached hydrogen (secondary N) is 1. The lowest BCUT2D eigenvalue weighted by atomic mass is 9.68. The van der Waals surface area contributed by atoms with Gasteiger partial charge < -0.3 is 19.9 Å². The predicted octanol–water partition coefficient (Wildman–Crippen LogP) is 1.22. The van der Waals surface area contributed by atoms with Crippen LogP contribution in [0.25, 0.3) is 0 Å². The molecule has 0 saturated carbocycles. The first kappa shape index (κ1) is 13.6. The fourth-order valence-corrected chi connectivity index (χ4v) is 3.83. The van der Waals surface area contributed by atoms with Crippen LogP contribution in [0.4, 0.5) is 0 Å². The SMILES string of the molecule is CCCc1[nH]nc2c1C1(CC[C@H]3CO[C@@H]1O3)C(C#N)=C(N)O2. The summed E-state index contributed by atoms with van der Waals surface area (Å²) >= 11 is 0. The standard InChI is InChI=1S/C15H18N4O3/c1-2-3-10-11-13(19-18-10)22-12(17)9(6-16)15(11)5-4-8-7-20-14(15)21-8/h8,14H,2-5,7,17H2,1H3,(H,18,19)/t8-,14+,15?/m0/s1. The van der Waals surface area contributed by atoms with E-state index < -0.39 is 11.7 Å². The Bertz CT molecular complexity index is 689.